The number of fused-ring (bicyclic) bond motifs is 2. The Morgan fingerprint density at radius 3 is 2.63 bits per heavy atom. The maximum absolute atomic E-state index is 12.8. The van der Waals surface area contributed by atoms with Gasteiger partial charge >= 0.3 is 0 Å². The second-order valence-electron chi connectivity index (χ2n) is 7.55. The monoisotopic (exact) mass is 385 g/mol. The van der Waals surface area contributed by atoms with Crippen molar-refractivity contribution in [3.05, 3.63) is 35.3 Å². The minimum atomic E-state index is 0.171. The molecule has 0 saturated carbocycles. The Labute approximate surface area is 164 Å². The molecule has 2 bridgehead atoms. The van der Waals surface area contributed by atoms with Crippen LogP contribution in [0.5, 0.6) is 5.75 Å². The molecule has 1 aromatic carbocycles. The first-order valence-corrected chi connectivity index (χ1v) is 10.7. The van der Waals surface area contributed by atoms with E-state index >= 15 is 0 Å². The molecule has 2 aliphatic rings. The summed E-state index contributed by atoms with van der Waals surface area (Å²) >= 11 is 1.59. The zero-order chi connectivity index (χ0) is 18.8. The molecule has 1 amide bonds. The lowest BCUT2D eigenvalue weighted by Crippen LogP contribution is -2.49. The van der Waals surface area contributed by atoms with E-state index in [1.54, 1.807) is 11.3 Å². The van der Waals surface area contributed by atoms with Gasteiger partial charge in [-0.15, -0.1) is 11.3 Å². The van der Waals surface area contributed by atoms with Crippen LogP contribution in [0.25, 0.3) is 10.6 Å². The molecule has 144 valence electrons. The SMILES string of the molecule is CCOc1ccc(-c2nc(CC(=O)N(C)C3CC4CCC(C3)N4)cs2)cc1. The lowest BCUT2D eigenvalue weighted by Gasteiger charge is -2.35. The van der Waals surface area contributed by atoms with E-state index in [1.165, 1.54) is 12.8 Å². The highest BCUT2D eigenvalue weighted by molar-refractivity contribution is 7.13. The predicted octanol–water partition coefficient (Wildman–Crippen LogP) is 3.49. The summed E-state index contributed by atoms with van der Waals surface area (Å²) in [5.74, 6) is 1.04. The van der Waals surface area contributed by atoms with Gasteiger partial charge in [0.25, 0.3) is 0 Å². The molecule has 1 N–H and O–H groups in total. The Balaban J connectivity index is 1.37. The molecule has 2 aliphatic heterocycles. The second kappa shape index (κ2) is 7.98. The van der Waals surface area contributed by atoms with Crippen LogP contribution in [0.4, 0.5) is 0 Å². The normalized spacial score (nSPS) is 24.0. The molecule has 2 aromatic rings. The number of carbonyl (C=O) groups is 1. The van der Waals surface area contributed by atoms with Gasteiger partial charge in [-0.1, -0.05) is 0 Å². The van der Waals surface area contributed by atoms with Crippen molar-refractivity contribution in [3.63, 3.8) is 0 Å². The van der Waals surface area contributed by atoms with Gasteiger partial charge in [0.05, 0.1) is 18.7 Å². The van der Waals surface area contributed by atoms with E-state index < -0.39 is 0 Å². The fourth-order valence-electron chi connectivity index (χ4n) is 4.21. The predicted molar refractivity (Wildman–Crippen MR) is 108 cm³/mol. The third-order valence-corrected chi connectivity index (χ3v) is 6.63. The number of piperidine rings is 1. The molecule has 4 rings (SSSR count). The number of thiazole rings is 1. The summed E-state index contributed by atoms with van der Waals surface area (Å²) in [6.07, 6.45) is 5.03. The number of carbonyl (C=O) groups excluding carboxylic acids is 1. The van der Waals surface area contributed by atoms with Crippen molar-refractivity contribution >= 4 is 17.2 Å². The molecule has 0 spiro atoms. The van der Waals surface area contributed by atoms with Crippen LogP contribution in [0.2, 0.25) is 0 Å². The van der Waals surface area contributed by atoms with Gasteiger partial charge in [0.15, 0.2) is 0 Å². The lowest BCUT2D eigenvalue weighted by atomic mass is 9.98. The van der Waals surface area contributed by atoms with Gasteiger partial charge in [-0.05, 0) is 56.9 Å². The van der Waals surface area contributed by atoms with Crippen molar-refractivity contribution in [2.75, 3.05) is 13.7 Å². The number of aromatic nitrogens is 1. The van der Waals surface area contributed by atoms with Gasteiger partial charge in [0.1, 0.15) is 10.8 Å². The summed E-state index contributed by atoms with van der Waals surface area (Å²) in [4.78, 5) is 19.4. The molecular formula is C21H27N3O2S. The Kier molecular flexibility index (Phi) is 5.45. The van der Waals surface area contributed by atoms with E-state index in [-0.39, 0.29) is 5.91 Å². The van der Waals surface area contributed by atoms with Crippen LogP contribution in [0, 0.1) is 0 Å². The summed E-state index contributed by atoms with van der Waals surface area (Å²) in [6, 6.07) is 9.51. The number of nitrogens with zero attached hydrogens (tertiary/aromatic N) is 2. The van der Waals surface area contributed by atoms with E-state index in [0.29, 0.717) is 31.2 Å². The molecule has 2 unspecified atom stereocenters. The van der Waals surface area contributed by atoms with Crippen LogP contribution >= 0.6 is 11.3 Å². The van der Waals surface area contributed by atoms with Crippen molar-refractivity contribution < 1.29 is 9.53 Å². The molecular weight excluding hydrogens is 358 g/mol. The molecule has 2 atom stereocenters. The van der Waals surface area contributed by atoms with Crippen molar-refractivity contribution in [2.24, 2.45) is 0 Å². The van der Waals surface area contributed by atoms with E-state index in [1.807, 2.05) is 48.5 Å². The van der Waals surface area contributed by atoms with E-state index in [2.05, 4.69) is 10.3 Å². The Morgan fingerprint density at radius 2 is 1.96 bits per heavy atom. The summed E-state index contributed by atoms with van der Waals surface area (Å²) < 4.78 is 5.49. The number of ether oxygens (including phenoxy) is 1. The third kappa shape index (κ3) is 4.17. The minimum absolute atomic E-state index is 0.171. The standard InChI is InChI=1S/C21H27N3O2S/c1-3-26-19-8-4-14(5-9-19)21-23-17(13-27-21)12-20(25)24(2)18-10-15-6-7-16(11-18)22-15/h4-5,8-9,13,15-16,18,22H,3,6-7,10-12H2,1-2H3. The second-order valence-corrected chi connectivity index (χ2v) is 8.40. The van der Waals surface area contributed by atoms with Gasteiger partial charge in [-0.25, -0.2) is 4.98 Å². The summed E-state index contributed by atoms with van der Waals surface area (Å²) in [5, 5.41) is 6.59. The molecule has 27 heavy (non-hydrogen) atoms. The average molecular weight is 386 g/mol. The van der Waals surface area contributed by atoms with E-state index in [0.717, 1.165) is 34.9 Å². The van der Waals surface area contributed by atoms with Crippen LogP contribution < -0.4 is 10.1 Å². The highest BCUT2D eigenvalue weighted by Crippen LogP contribution is 2.30. The molecule has 6 heteroatoms. The fourth-order valence-corrected chi connectivity index (χ4v) is 5.03. The molecule has 3 heterocycles. The largest absolute Gasteiger partial charge is 0.494 e. The van der Waals surface area contributed by atoms with Gasteiger partial charge in [0, 0.05) is 36.1 Å². The van der Waals surface area contributed by atoms with Gasteiger partial charge in [0.2, 0.25) is 5.91 Å². The van der Waals surface area contributed by atoms with E-state index in [9.17, 15) is 4.79 Å². The maximum Gasteiger partial charge on any atom is 0.228 e. The summed E-state index contributed by atoms with van der Waals surface area (Å²) in [5.41, 5.74) is 1.92. The maximum atomic E-state index is 12.8. The number of likely N-dealkylation sites (N-methyl/N-ethyl adjacent to an activating group) is 1. The molecule has 0 aliphatic carbocycles. The number of benzene rings is 1. The quantitative estimate of drug-likeness (QED) is 0.827. The van der Waals surface area contributed by atoms with Gasteiger partial charge in [-0.3, -0.25) is 4.79 Å². The van der Waals surface area contributed by atoms with Crippen LogP contribution in [-0.4, -0.2) is 47.6 Å². The van der Waals surface area contributed by atoms with Gasteiger partial charge < -0.3 is 15.0 Å². The van der Waals surface area contributed by atoms with E-state index in [4.69, 9.17) is 4.74 Å². The topological polar surface area (TPSA) is 54.5 Å². The first-order chi connectivity index (χ1) is 13.1. The number of hydrogen-bond acceptors (Lipinski definition) is 5. The Hall–Kier alpha value is -1.92. The highest BCUT2D eigenvalue weighted by Gasteiger charge is 2.36. The number of hydrogen-bond donors (Lipinski definition) is 1. The first kappa shape index (κ1) is 18.4. The smallest absolute Gasteiger partial charge is 0.228 e. The number of nitrogens with one attached hydrogen (secondary N) is 1. The summed E-state index contributed by atoms with van der Waals surface area (Å²) in [7, 11) is 1.96. The van der Waals surface area contributed by atoms with Gasteiger partial charge in [-0.2, -0.15) is 0 Å². The zero-order valence-corrected chi connectivity index (χ0v) is 16.8. The third-order valence-electron chi connectivity index (χ3n) is 5.69. The van der Waals surface area contributed by atoms with Crippen molar-refractivity contribution in [1.29, 1.82) is 0 Å². The molecule has 2 fully saturated rings. The number of amides is 1. The molecule has 1 aromatic heterocycles. The van der Waals surface area contributed by atoms with Crippen LogP contribution in [-0.2, 0) is 11.2 Å². The van der Waals surface area contributed by atoms with Crippen molar-refractivity contribution in [1.82, 2.24) is 15.2 Å². The van der Waals surface area contributed by atoms with Crippen LogP contribution in [0.3, 0.4) is 0 Å². The average Bonchev–Trinajstić information content (AvgIpc) is 3.28. The number of rotatable bonds is 6. The Morgan fingerprint density at radius 1 is 1.26 bits per heavy atom. The van der Waals surface area contributed by atoms with Crippen molar-refractivity contribution in [2.45, 2.75) is 57.2 Å². The molecule has 2 saturated heterocycles. The zero-order valence-electron chi connectivity index (χ0n) is 16.0. The fraction of sp³-hybridized carbons (Fsp3) is 0.524. The lowest BCUT2D eigenvalue weighted by molar-refractivity contribution is -0.132. The highest BCUT2D eigenvalue weighted by atomic mass is 32.1. The molecule has 0 radical (unpaired) electrons. The van der Waals surface area contributed by atoms with Crippen LogP contribution in [0.1, 0.15) is 38.3 Å². The Bertz CT molecular complexity index is 777. The summed E-state index contributed by atoms with van der Waals surface area (Å²) in [6.45, 7) is 2.64. The minimum Gasteiger partial charge on any atom is -0.494 e. The first-order valence-electron chi connectivity index (χ1n) is 9.81. The molecule has 5 nitrogen and oxygen atoms in total. The van der Waals surface area contributed by atoms with Crippen molar-refractivity contribution in [3.8, 4) is 16.3 Å². The van der Waals surface area contributed by atoms with Crippen LogP contribution in [0.15, 0.2) is 29.6 Å².